The second-order valence-electron chi connectivity index (χ2n) is 3.84. The van der Waals surface area contributed by atoms with E-state index in [1.807, 2.05) is 6.92 Å². The van der Waals surface area contributed by atoms with Crippen LogP contribution in [0.5, 0.6) is 0 Å². The zero-order valence-electron chi connectivity index (χ0n) is 9.73. The number of rotatable bonds is 6. The number of hydrogen-bond acceptors (Lipinski definition) is 3. The molecule has 0 bridgehead atoms. The summed E-state index contributed by atoms with van der Waals surface area (Å²) in [7, 11) is -3.44. The molecular formula is C11H17N3O2S. The molecule has 0 unspecified atom stereocenters. The SMILES string of the molecule is Cc1ccc(S(=O)(=O)NCCCC(=N)N)cc1. The van der Waals surface area contributed by atoms with E-state index in [1.54, 1.807) is 24.3 Å². The van der Waals surface area contributed by atoms with Gasteiger partial charge in [-0.1, -0.05) is 17.7 Å². The van der Waals surface area contributed by atoms with Crippen LogP contribution in [-0.2, 0) is 10.0 Å². The summed E-state index contributed by atoms with van der Waals surface area (Å²) in [5.74, 6) is 0.0690. The summed E-state index contributed by atoms with van der Waals surface area (Å²) < 4.78 is 26.1. The Morgan fingerprint density at radius 2 is 1.94 bits per heavy atom. The zero-order chi connectivity index (χ0) is 12.9. The number of nitrogens with one attached hydrogen (secondary N) is 2. The zero-order valence-corrected chi connectivity index (χ0v) is 10.5. The average molecular weight is 255 g/mol. The Labute approximate surface area is 102 Å². The molecule has 0 amide bonds. The van der Waals surface area contributed by atoms with E-state index in [4.69, 9.17) is 11.1 Å². The van der Waals surface area contributed by atoms with Crippen molar-refractivity contribution in [3.05, 3.63) is 29.8 Å². The van der Waals surface area contributed by atoms with Gasteiger partial charge in [-0.2, -0.15) is 0 Å². The highest BCUT2D eigenvalue weighted by Crippen LogP contribution is 2.09. The van der Waals surface area contributed by atoms with Crippen molar-refractivity contribution in [2.75, 3.05) is 6.54 Å². The van der Waals surface area contributed by atoms with Gasteiger partial charge in [0.1, 0.15) is 0 Å². The molecule has 0 atom stereocenters. The van der Waals surface area contributed by atoms with Crippen molar-refractivity contribution < 1.29 is 8.42 Å². The lowest BCUT2D eigenvalue weighted by Crippen LogP contribution is -2.25. The topological polar surface area (TPSA) is 96.0 Å². The molecule has 94 valence electrons. The van der Waals surface area contributed by atoms with Crippen molar-refractivity contribution in [2.24, 2.45) is 5.73 Å². The first-order valence-electron chi connectivity index (χ1n) is 5.31. The van der Waals surface area contributed by atoms with Gasteiger partial charge >= 0.3 is 0 Å². The lowest BCUT2D eigenvalue weighted by Gasteiger charge is -2.06. The first-order chi connectivity index (χ1) is 7.92. The van der Waals surface area contributed by atoms with Crippen molar-refractivity contribution in [3.8, 4) is 0 Å². The summed E-state index contributed by atoms with van der Waals surface area (Å²) >= 11 is 0. The van der Waals surface area contributed by atoms with Gasteiger partial charge in [0, 0.05) is 13.0 Å². The Bertz CT molecular complexity index is 480. The lowest BCUT2D eigenvalue weighted by molar-refractivity contribution is 0.579. The smallest absolute Gasteiger partial charge is 0.240 e. The second-order valence-corrected chi connectivity index (χ2v) is 5.61. The van der Waals surface area contributed by atoms with Crippen LogP contribution in [0.15, 0.2) is 29.2 Å². The highest BCUT2D eigenvalue weighted by molar-refractivity contribution is 7.89. The maximum absolute atomic E-state index is 11.8. The van der Waals surface area contributed by atoms with Crippen LogP contribution in [0.2, 0.25) is 0 Å². The van der Waals surface area contributed by atoms with E-state index in [1.165, 1.54) is 0 Å². The van der Waals surface area contributed by atoms with Crippen LogP contribution in [0.4, 0.5) is 0 Å². The third kappa shape index (κ3) is 4.54. The largest absolute Gasteiger partial charge is 0.388 e. The Balaban J connectivity index is 2.57. The summed E-state index contributed by atoms with van der Waals surface area (Å²) in [5.41, 5.74) is 6.19. The van der Waals surface area contributed by atoms with Crippen LogP contribution >= 0.6 is 0 Å². The highest BCUT2D eigenvalue weighted by Gasteiger charge is 2.12. The molecule has 0 saturated heterocycles. The molecule has 0 aliphatic heterocycles. The normalized spacial score (nSPS) is 11.4. The molecule has 5 nitrogen and oxygen atoms in total. The van der Waals surface area contributed by atoms with Gasteiger partial charge < -0.3 is 5.73 Å². The molecule has 0 radical (unpaired) electrons. The Hall–Kier alpha value is -1.40. The second kappa shape index (κ2) is 5.79. The van der Waals surface area contributed by atoms with Crippen LogP contribution in [0.25, 0.3) is 0 Å². The van der Waals surface area contributed by atoms with E-state index >= 15 is 0 Å². The van der Waals surface area contributed by atoms with E-state index in [2.05, 4.69) is 4.72 Å². The van der Waals surface area contributed by atoms with E-state index in [0.29, 0.717) is 12.8 Å². The van der Waals surface area contributed by atoms with Gasteiger partial charge in [0.2, 0.25) is 10.0 Å². The van der Waals surface area contributed by atoms with Crippen molar-refractivity contribution in [3.63, 3.8) is 0 Å². The fourth-order valence-corrected chi connectivity index (χ4v) is 2.36. The molecule has 0 aliphatic rings. The molecular weight excluding hydrogens is 238 g/mol. The molecule has 0 heterocycles. The lowest BCUT2D eigenvalue weighted by atomic mass is 10.2. The van der Waals surface area contributed by atoms with Gasteiger partial charge in [-0.15, -0.1) is 0 Å². The van der Waals surface area contributed by atoms with Gasteiger partial charge in [0.25, 0.3) is 0 Å². The minimum absolute atomic E-state index is 0.0690. The predicted molar refractivity (Wildman–Crippen MR) is 67.5 cm³/mol. The van der Waals surface area contributed by atoms with E-state index in [0.717, 1.165) is 5.56 Å². The molecule has 0 aliphatic carbocycles. The van der Waals surface area contributed by atoms with Crippen LogP contribution in [-0.4, -0.2) is 20.8 Å². The molecule has 0 aromatic heterocycles. The Morgan fingerprint density at radius 1 is 1.35 bits per heavy atom. The number of nitrogens with two attached hydrogens (primary N) is 1. The standard InChI is InChI=1S/C11H17N3O2S/c1-9-4-6-10(7-5-9)17(15,16)14-8-2-3-11(12)13/h4-7,14H,2-3,8H2,1H3,(H3,12,13). The number of aryl methyl sites for hydroxylation is 1. The molecule has 17 heavy (non-hydrogen) atoms. The monoisotopic (exact) mass is 255 g/mol. The summed E-state index contributed by atoms with van der Waals surface area (Å²) in [4.78, 5) is 0.255. The van der Waals surface area contributed by atoms with Gasteiger partial charge in [0.05, 0.1) is 10.7 Å². The minimum Gasteiger partial charge on any atom is -0.388 e. The first kappa shape index (κ1) is 13.7. The van der Waals surface area contributed by atoms with Crippen molar-refractivity contribution in [2.45, 2.75) is 24.7 Å². The predicted octanol–water partition coefficient (Wildman–Crippen LogP) is 0.989. The van der Waals surface area contributed by atoms with Crippen LogP contribution in [0.3, 0.4) is 0 Å². The van der Waals surface area contributed by atoms with Gasteiger partial charge in [0.15, 0.2) is 0 Å². The quantitative estimate of drug-likeness (QED) is 0.402. The molecule has 0 fully saturated rings. The molecule has 1 rings (SSSR count). The van der Waals surface area contributed by atoms with Gasteiger partial charge in [-0.05, 0) is 25.5 Å². The van der Waals surface area contributed by atoms with Crippen molar-refractivity contribution >= 4 is 15.9 Å². The van der Waals surface area contributed by atoms with Crippen LogP contribution in [0, 0.1) is 12.3 Å². The molecule has 6 heteroatoms. The van der Waals surface area contributed by atoms with E-state index in [9.17, 15) is 8.42 Å². The average Bonchev–Trinajstić information content (AvgIpc) is 2.25. The number of amidine groups is 1. The molecule has 1 aromatic carbocycles. The number of sulfonamides is 1. The summed E-state index contributed by atoms with van der Waals surface area (Å²) in [6.45, 7) is 2.19. The number of hydrogen-bond donors (Lipinski definition) is 3. The molecule has 0 spiro atoms. The fourth-order valence-electron chi connectivity index (χ4n) is 1.29. The Kier molecular flexibility index (Phi) is 4.65. The maximum atomic E-state index is 11.8. The van der Waals surface area contributed by atoms with Gasteiger partial charge in [-0.25, -0.2) is 13.1 Å². The summed E-state index contributed by atoms with van der Waals surface area (Å²) in [5, 5.41) is 7.02. The number of benzene rings is 1. The molecule has 4 N–H and O–H groups in total. The fraction of sp³-hybridized carbons (Fsp3) is 0.364. The maximum Gasteiger partial charge on any atom is 0.240 e. The Morgan fingerprint density at radius 3 is 2.47 bits per heavy atom. The highest BCUT2D eigenvalue weighted by atomic mass is 32.2. The van der Waals surface area contributed by atoms with Crippen LogP contribution < -0.4 is 10.5 Å². The van der Waals surface area contributed by atoms with E-state index in [-0.39, 0.29) is 17.3 Å². The molecule has 1 aromatic rings. The first-order valence-corrected chi connectivity index (χ1v) is 6.79. The van der Waals surface area contributed by atoms with Crippen molar-refractivity contribution in [1.82, 2.24) is 4.72 Å². The minimum atomic E-state index is -3.44. The third-order valence-corrected chi connectivity index (χ3v) is 3.72. The summed E-state index contributed by atoms with van der Waals surface area (Å²) in [6, 6.07) is 6.65. The third-order valence-electron chi connectivity index (χ3n) is 2.25. The van der Waals surface area contributed by atoms with Crippen molar-refractivity contribution in [1.29, 1.82) is 5.41 Å². The molecule has 0 saturated carbocycles. The van der Waals surface area contributed by atoms with E-state index < -0.39 is 10.0 Å². The summed E-state index contributed by atoms with van der Waals surface area (Å²) in [6.07, 6.45) is 0.927. The van der Waals surface area contributed by atoms with Crippen LogP contribution in [0.1, 0.15) is 18.4 Å². The van der Waals surface area contributed by atoms with Gasteiger partial charge in [-0.3, -0.25) is 5.41 Å².